The van der Waals surface area contributed by atoms with Crippen molar-refractivity contribution in [2.45, 2.75) is 57.4 Å². The zero-order chi connectivity index (χ0) is 17.7. The Morgan fingerprint density at radius 2 is 2.24 bits per heavy atom. The highest BCUT2D eigenvalue weighted by Gasteiger charge is 2.35. The molecule has 1 aromatic rings. The van der Waals surface area contributed by atoms with Crippen LogP contribution in [0.1, 0.15) is 63.0 Å². The van der Waals surface area contributed by atoms with Crippen molar-refractivity contribution in [1.82, 2.24) is 15.2 Å². The van der Waals surface area contributed by atoms with Gasteiger partial charge in [-0.05, 0) is 32.4 Å². The molecule has 3 rings (SSSR count). The minimum atomic E-state index is 0.195. The second-order valence-corrected chi connectivity index (χ2v) is 7.40. The molecule has 1 aromatic heterocycles. The fraction of sp³-hybridized carbons (Fsp3) is 0.650. The van der Waals surface area contributed by atoms with Gasteiger partial charge in [0.15, 0.2) is 0 Å². The van der Waals surface area contributed by atoms with Crippen molar-refractivity contribution in [2.75, 3.05) is 32.0 Å². The van der Waals surface area contributed by atoms with Gasteiger partial charge in [-0.1, -0.05) is 32.6 Å². The fourth-order valence-corrected chi connectivity index (χ4v) is 4.32. The summed E-state index contributed by atoms with van der Waals surface area (Å²) in [6.45, 7) is 5.17. The average Bonchev–Trinajstić information content (AvgIpc) is 3.09. The number of rotatable bonds is 7. The molecule has 0 bridgehead atoms. The van der Waals surface area contributed by atoms with E-state index in [9.17, 15) is 5.26 Å². The van der Waals surface area contributed by atoms with Gasteiger partial charge in [0.05, 0.1) is 11.1 Å². The number of aromatic amines is 1. The Kier molecular flexibility index (Phi) is 5.70. The second kappa shape index (κ2) is 7.97. The van der Waals surface area contributed by atoms with E-state index in [1.807, 2.05) is 6.20 Å². The molecule has 5 nitrogen and oxygen atoms in total. The van der Waals surface area contributed by atoms with Gasteiger partial charge in [0.2, 0.25) is 0 Å². The molecule has 136 valence electrons. The molecule has 1 atom stereocenters. The minimum Gasteiger partial charge on any atom is -0.369 e. The van der Waals surface area contributed by atoms with Crippen LogP contribution in [-0.4, -0.2) is 42.1 Å². The van der Waals surface area contributed by atoms with E-state index >= 15 is 0 Å². The third kappa shape index (κ3) is 3.69. The van der Waals surface area contributed by atoms with Crippen molar-refractivity contribution in [2.24, 2.45) is 0 Å². The first-order valence-corrected chi connectivity index (χ1v) is 9.73. The van der Waals surface area contributed by atoms with E-state index in [2.05, 4.69) is 46.6 Å². The summed E-state index contributed by atoms with van der Waals surface area (Å²) in [6.07, 6.45) is 13.0. The van der Waals surface area contributed by atoms with Crippen LogP contribution in [0.3, 0.4) is 0 Å². The molecule has 0 amide bonds. The summed E-state index contributed by atoms with van der Waals surface area (Å²) in [6, 6.07) is 2.33. The molecule has 0 saturated carbocycles. The fourth-order valence-electron chi connectivity index (χ4n) is 4.32. The summed E-state index contributed by atoms with van der Waals surface area (Å²) in [7, 11) is 2.11. The van der Waals surface area contributed by atoms with Gasteiger partial charge in [-0.2, -0.15) is 5.26 Å². The number of aromatic nitrogens is 1. The molecule has 2 aliphatic heterocycles. The van der Waals surface area contributed by atoms with Crippen LogP contribution in [0.15, 0.2) is 12.3 Å². The maximum absolute atomic E-state index is 9.46. The summed E-state index contributed by atoms with van der Waals surface area (Å²) < 4.78 is 0. The zero-order valence-corrected chi connectivity index (χ0v) is 15.6. The summed E-state index contributed by atoms with van der Waals surface area (Å²) in [5.41, 5.74) is 3.20. The standard InChI is InChI=1S/C20H31N5/c1-3-4-5-6-9-20(22-2)10-7-12-25(15-20)17-8-11-23-19-18(17)16(13-21)14-24-19/h8,14,22-24H,3-7,9-12,15H2,1-2H3. The zero-order valence-electron chi connectivity index (χ0n) is 15.6. The number of nitriles is 1. The Hall–Kier alpha value is -1.93. The lowest BCUT2D eigenvalue weighted by Crippen LogP contribution is -2.55. The highest BCUT2D eigenvalue weighted by Crippen LogP contribution is 2.36. The quantitative estimate of drug-likeness (QED) is 0.662. The Bertz CT molecular complexity index is 654. The first-order chi connectivity index (χ1) is 12.2. The monoisotopic (exact) mass is 341 g/mol. The SMILES string of the molecule is CCCCCCC1(NC)CCCN(C2=CCNc3[nH]cc(C#N)c32)C1. The number of hydrogen-bond acceptors (Lipinski definition) is 4. The van der Waals surface area contributed by atoms with E-state index in [0.717, 1.165) is 36.6 Å². The van der Waals surface area contributed by atoms with Crippen molar-refractivity contribution < 1.29 is 0 Å². The molecule has 3 heterocycles. The number of likely N-dealkylation sites (tertiary alicyclic amines) is 1. The number of piperidine rings is 1. The van der Waals surface area contributed by atoms with E-state index in [0.29, 0.717) is 0 Å². The molecular weight excluding hydrogens is 310 g/mol. The predicted molar refractivity (Wildman–Crippen MR) is 103 cm³/mol. The Labute approximate surface area is 151 Å². The van der Waals surface area contributed by atoms with Crippen LogP contribution in [0.5, 0.6) is 0 Å². The van der Waals surface area contributed by atoms with Gasteiger partial charge in [0.1, 0.15) is 11.9 Å². The molecule has 5 heteroatoms. The highest BCUT2D eigenvalue weighted by atomic mass is 15.2. The first-order valence-electron chi connectivity index (χ1n) is 9.73. The van der Waals surface area contributed by atoms with Crippen molar-refractivity contribution in [3.05, 3.63) is 23.4 Å². The van der Waals surface area contributed by atoms with Crippen molar-refractivity contribution in [3.63, 3.8) is 0 Å². The van der Waals surface area contributed by atoms with Crippen LogP contribution < -0.4 is 10.6 Å². The van der Waals surface area contributed by atoms with E-state index in [1.165, 1.54) is 50.6 Å². The number of hydrogen-bond donors (Lipinski definition) is 3. The maximum Gasteiger partial charge on any atom is 0.114 e. The largest absolute Gasteiger partial charge is 0.369 e. The molecule has 1 fully saturated rings. The smallest absolute Gasteiger partial charge is 0.114 e. The molecule has 0 spiro atoms. The van der Waals surface area contributed by atoms with Gasteiger partial charge < -0.3 is 20.5 Å². The number of H-pyrrole nitrogens is 1. The number of unbranched alkanes of at least 4 members (excludes halogenated alkanes) is 3. The lowest BCUT2D eigenvalue weighted by atomic mass is 9.83. The molecule has 0 aromatic carbocycles. The summed E-state index contributed by atoms with van der Waals surface area (Å²) in [5.74, 6) is 0.984. The van der Waals surface area contributed by atoms with Crippen LogP contribution in [0.25, 0.3) is 5.70 Å². The molecule has 25 heavy (non-hydrogen) atoms. The van der Waals surface area contributed by atoms with E-state index in [4.69, 9.17) is 0 Å². The molecular formula is C20H31N5. The molecule has 2 aliphatic rings. The summed E-state index contributed by atoms with van der Waals surface area (Å²) in [4.78, 5) is 5.71. The van der Waals surface area contributed by atoms with Crippen LogP contribution in [0.2, 0.25) is 0 Å². The van der Waals surface area contributed by atoms with Crippen LogP contribution in [-0.2, 0) is 0 Å². The van der Waals surface area contributed by atoms with Crippen LogP contribution in [0, 0.1) is 11.3 Å². The van der Waals surface area contributed by atoms with Crippen molar-refractivity contribution in [3.8, 4) is 6.07 Å². The molecule has 0 aliphatic carbocycles. The predicted octanol–water partition coefficient (Wildman–Crippen LogP) is 3.68. The Morgan fingerprint density at radius 1 is 1.36 bits per heavy atom. The van der Waals surface area contributed by atoms with E-state index in [1.54, 1.807) is 0 Å². The third-order valence-corrected chi connectivity index (χ3v) is 5.79. The van der Waals surface area contributed by atoms with Crippen LogP contribution >= 0.6 is 0 Å². The molecule has 0 radical (unpaired) electrons. The first kappa shape index (κ1) is 17.9. The number of anilines is 1. The Balaban J connectivity index is 1.76. The van der Waals surface area contributed by atoms with Crippen molar-refractivity contribution in [1.29, 1.82) is 5.26 Å². The third-order valence-electron chi connectivity index (χ3n) is 5.79. The second-order valence-electron chi connectivity index (χ2n) is 7.40. The van der Waals surface area contributed by atoms with Gasteiger partial charge in [0.25, 0.3) is 0 Å². The molecule has 1 saturated heterocycles. The van der Waals surface area contributed by atoms with Crippen molar-refractivity contribution >= 4 is 11.5 Å². The summed E-state index contributed by atoms with van der Waals surface area (Å²) >= 11 is 0. The van der Waals surface area contributed by atoms with E-state index in [-0.39, 0.29) is 5.54 Å². The van der Waals surface area contributed by atoms with Gasteiger partial charge in [0, 0.05) is 37.1 Å². The lowest BCUT2D eigenvalue weighted by Gasteiger charge is -2.45. The number of likely N-dealkylation sites (N-methyl/N-ethyl adjacent to an activating group) is 1. The molecule has 3 N–H and O–H groups in total. The number of fused-ring (bicyclic) bond motifs is 1. The van der Waals surface area contributed by atoms with Gasteiger partial charge in [-0.15, -0.1) is 0 Å². The van der Waals surface area contributed by atoms with Crippen LogP contribution in [0.4, 0.5) is 5.82 Å². The normalized spacial score (nSPS) is 22.8. The number of nitrogens with zero attached hydrogens (tertiary/aromatic N) is 2. The Morgan fingerprint density at radius 3 is 3.00 bits per heavy atom. The lowest BCUT2D eigenvalue weighted by molar-refractivity contribution is 0.163. The minimum absolute atomic E-state index is 0.195. The average molecular weight is 342 g/mol. The summed E-state index contributed by atoms with van der Waals surface area (Å²) in [5, 5.41) is 16.5. The maximum atomic E-state index is 9.46. The molecule has 1 unspecified atom stereocenters. The van der Waals surface area contributed by atoms with Gasteiger partial charge in [-0.25, -0.2) is 0 Å². The topological polar surface area (TPSA) is 66.9 Å². The van der Waals surface area contributed by atoms with E-state index < -0.39 is 0 Å². The number of nitrogens with one attached hydrogen (secondary N) is 3. The highest BCUT2D eigenvalue weighted by molar-refractivity contribution is 5.81. The van der Waals surface area contributed by atoms with Gasteiger partial charge >= 0.3 is 0 Å². The van der Waals surface area contributed by atoms with Gasteiger partial charge in [-0.3, -0.25) is 0 Å².